The Balaban J connectivity index is 1.44. The second-order valence-electron chi connectivity index (χ2n) is 9.76. The number of hydrogen-bond donors (Lipinski definition) is 3. The zero-order chi connectivity index (χ0) is 30.3. The molecule has 12 nitrogen and oxygen atoms in total. The lowest BCUT2D eigenvalue weighted by Gasteiger charge is -2.17. The smallest absolute Gasteiger partial charge is 0.323 e. The molecule has 12 heteroatoms. The average molecular weight is 585 g/mol. The van der Waals surface area contributed by atoms with Gasteiger partial charge in [-0.2, -0.15) is 0 Å². The molecule has 0 radical (unpaired) electrons. The number of nitro benzene ring substituents is 1. The number of carboxylic acid groups (broad SMARTS) is 1. The molecule has 0 spiro atoms. The normalized spacial score (nSPS) is 11.8. The van der Waals surface area contributed by atoms with E-state index in [4.69, 9.17) is 14.1 Å². The molecule has 5 rings (SSSR count). The maximum Gasteiger partial charge on any atom is 0.323 e. The van der Waals surface area contributed by atoms with Crippen LogP contribution in [-0.4, -0.2) is 44.1 Å². The molecule has 0 aliphatic rings. The SMILES string of the molecule is Cc1c(COc2cc(OCc3ccc4nonc4c3)c(CNC(CO)C(=O)O)cc2[N+](=O)[O-])cccc1-c1ccccc1. The van der Waals surface area contributed by atoms with E-state index < -0.39 is 23.5 Å². The molecule has 1 aromatic heterocycles. The molecule has 43 heavy (non-hydrogen) atoms. The minimum absolute atomic E-state index is 0.0126. The number of aliphatic carboxylic acids is 1. The molecule has 4 aromatic carbocycles. The van der Waals surface area contributed by atoms with Gasteiger partial charge in [0.1, 0.15) is 36.0 Å². The molecule has 1 unspecified atom stereocenters. The molecule has 0 amide bonds. The number of rotatable bonds is 13. The van der Waals surface area contributed by atoms with Crippen molar-refractivity contribution in [1.29, 1.82) is 0 Å². The highest BCUT2D eigenvalue weighted by Crippen LogP contribution is 2.36. The van der Waals surface area contributed by atoms with Crippen LogP contribution in [0.15, 0.2) is 83.5 Å². The highest BCUT2D eigenvalue weighted by atomic mass is 16.6. The number of hydrogen-bond acceptors (Lipinski definition) is 10. The number of nitrogens with zero attached hydrogens (tertiary/aromatic N) is 3. The highest BCUT2D eigenvalue weighted by molar-refractivity contribution is 5.74. The van der Waals surface area contributed by atoms with Crippen LogP contribution in [0.2, 0.25) is 0 Å². The Kier molecular flexibility index (Phi) is 8.89. The maximum absolute atomic E-state index is 12.1. The lowest BCUT2D eigenvalue weighted by atomic mass is 9.97. The number of benzene rings is 4. The lowest BCUT2D eigenvalue weighted by molar-refractivity contribution is -0.386. The van der Waals surface area contributed by atoms with Gasteiger partial charge in [0.05, 0.1) is 11.5 Å². The van der Waals surface area contributed by atoms with Crippen molar-refractivity contribution in [3.8, 4) is 22.6 Å². The molecule has 1 heterocycles. The molecule has 0 bridgehead atoms. The van der Waals surface area contributed by atoms with Gasteiger partial charge in [0.15, 0.2) is 0 Å². The number of aliphatic hydroxyl groups is 1. The number of aromatic nitrogens is 2. The van der Waals surface area contributed by atoms with E-state index in [1.54, 1.807) is 18.2 Å². The number of nitro groups is 1. The summed E-state index contributed by atoms with van der Waals surface area (Å²) >= 11 is 0. The lowest BCUT2D eigenvalue weighted by Crippen LogP contribution is -2.39. The summed E-state index contributed by atoms with van der Waals surface area (Å²) in [5.74, 6) is -1.04. The van der Waals surface area contributed by atoms with Crippen molar-refractivity contribution >= 4 is 22.7 Å². The number of ether oxygens (including phenoxy) is 2. The van der Waals surface area contributed by atoms with E-state index in [0.717, 1.165) is 27.8 Å². The Morgan fingerprint density at radius 3 is 2.47 bits per heavy atom. The molecule has 220 valence electrons. The quantitative estimate of drug-likeness (QED) is 0.128. The summed E-state index contributed by atoms with van der Waals surface area (Å²) in [4.78, 5) is 22.9. The zero-order valence-electron chi connectivity index (χ0n) is 23.1. The Morgan fingerprint density at radius 2 is 1.72 bits per heavy atom. The van der Waals surface area contributed by atoms with Crippen molar-refractivity contribution in [3.05, 3.63) is 111 Å². The van der Waals surface area contributed by atoms with Gasteiger partial charge in [-0.1, -0.05) is 54.6 Å². The van der Waals surface area contributed by atoms with E-state index in [9.17, 15) is 25.1 Å². The summed E-state index contributed by atoms with van der Waals surface area (Å²) in [6, 6.07) is 22.4. The van der Waals surface area contributed by atoms with Gasteiger partial charge in [0.25, 0.3) is 0 Å². The van der Waals surface area contributed by atoms with Crippen LogP contribution in [0.25, 0.3) is 22.2 Å². The summed E-state index contributed by atoms with van der Waals surface area (Å²) in [6.45, 7) is 1.31. The predicted octanol–water partition coefficient (Wildman–Crippen LogP) is 4.80. The van der Waals surface area contributed by atoms with E-state index >= 15 is 0 Å². The minimum Gasteiger partial charge on any atom is -0.488 e. The first-order valence-corrected chi connectivity index (χ1v) is 13.3. The number of fused-ring (bicyclic) bond motifs is 1. The summed E-state index contributed by atoms with van der Waals surface area (Å²) in [5.41, 5.74) is 5.75. The van der Waals surface area contributed by atoms with Gasteiger partial charge in [0.2, 0.25) is 5.75 Å². The fraction of sp³-hybridized carbons (Fsp3) is 0.194. The van der Waals surface area contributed by atoms with E-state index in [2.05, 4.69) is 15.6 Å². The highest BCUT2D eigenvalue weighted by Gasteiger charge is 2.23. The van der Waals surface area contributed by atoms with E-state index in [0.29, 0.717) is 16.6 Å². The molecular formula is C31H28N4O8. The Morgan fingerprint density at radius 1 is 0.953 bits per heavy atom. The summed E-state index contributed by atoms with van der Waals surface area (Å²) < 4.78 is 16.8. The molecule has 0 fully saturated rings. The summed E-state index contributed by atoms with van der Waals surface area (Å²) in [6.07, 6.45) is 0. The Bertz CT molecular complexity index is 1760. The van der Waals surface area contributed by atoms with Gasteiger partial charge in [-0.05, 0) is 57.2 Å². The average Bonchev–Trinajstić information content (AvgIpc) is 3.48. The number of aliphatic hydroxyl groups excluding tert-OH is 1. The second kappa shape index (κ2) is 13.1. The first-order valence-electron chi connectivity index (χ1n) is 13.3. The monoisotopic (exact) mass is 584 g/mol. The van der Waals surface area contributed by atoms with Crippen LogP contribution in [0.4, 0.5) is 5.69 Å². The van der Waals surface area contributed by atoms with Crippen molar-refractivity contribution < 1.29 is 34.0 Å². The predicted molar refractivity (Wildman–Crippen MR) is 156 cm³/mol. The van der Waals surface area contributed by atoms with Crippen LogP contribution in [0.3, 0.4) is 0 Å². The zero-order valence-corrected chi connectivity index (χ0v) is 23.1. The first-order chi connectivity index (χ1) is 20.8. The van der Waals surface area contributed by atoms with E-state index in [1.807, 2.05) is 55.5 Å². The van der Waals surface area contributed by atoms with E-state index in [1.165, 1.54) is 12.1 Å². The van der Waals surface area contributed by atoms with Gasteiger partial charge in [-0.15, -0.1) is 0 Å². The second-order valence-corrected chi connectivity index (χ2v) is 9.76. The number of nitrogens with one attached hydrogen (secondary N) is 1. The van der Waals surface area contributed by atoms with E-state index in [-0.39, 0.29) is 36.9 Å². The minimum atomic E-state index is -1.27. The molecule has 0 saturated heterocycles. The van der Waals surface area contributed by atoms with Gasteiger partial charge in [-0.25, -0.2) is 4.63 Å². The van der Waals surface area contributed by atoms with Crippen molar-refractivity contribution in [1.82, 2.24) is 15.6 Å². The molecular weight excluding hydrogens is 556 g/mol. The van der Waals surface area contributed by atoms with Crippen LogP contribution >= 0.6 is 0 Å². The van der Waals surface area contributed by atoms with Crippen LogP contribution < -0.4 is 14.8 Å². The standard InChI is InChI=1S/C31H28N4O8/c1-19-22(8-5-9-24(19)21-6-3-2-4-7-21)18-42-30-14-29(41-17-20-10-11-25-26(12-20)34-43-33-25)23(13-28(30)35(39)40)15-32-27(16-36)31(37)38/h2-14,27,32,36H,15-18H2,1H3,(H,37,38). The van der Waals surface area contributed by atoms with Gasteiger partial charge in [-0.3, -0.25) is 20.2 Å². The molecule has 3 N–H and O–H groups in total. The fourth-order valence-electron chi connectivity index (χ4n) is 4.59. The molecule has 1 atom stereocenters. The van der Waals surface area contributed by atoms with Crippen molar-refractivity contribution in [2.75, 3.05) is 6.61 Å². The summed E-state index contributed by atoms with van der Waals surface area (Å²) in [5, 5.41) is 41.1. The van der Waals surface area contributed by atoms with Crippen LogP contribution in [0, 0.1) is 17.0 Å². The summed E-state index contributed by atoms with van der Waals surface area (Å²) in [7, 11) is 0. The van der Waals surface area contributed by atoms with Crippen molar-refractivity contribution in [2.45, 2.75) is 32.7 Å². The third kappa shape index (κ3) is 6.77. The third-order valence-corrected chi connectivity index (χ3v) is 6.98. The third-order valence-electron chi connectivity index (χ3n) is 6.98. The largest absolute Gasteiger partial charge is 0.488 e. The fourth-order valence-corrected chi connectivity index (χ4v) is 4.59. The number of carbonyl (C=O) groups is 1. The van der Waals surface area contributed by atoms with Crippen molar-refractivity contribution in [2.24, 2.45) is 0 Å². The molecule has 0 aliphatic heterocycles. The van der Waals surface area contributed by atoms with Gasteiger partial charge in [0, 0.05) is 24.2 Å². The van der Waals surface area contributed by atoms with Crippen LogP contribution in [0.5, 0.6) is 11.5 Å². The molecule has 5 aromatic rings. The number of carboxylic acids is 1. The Hall–Kier alpha value is -5.33. The van der Waals surface area contributed by atoms with Crippen LogP contribution in [0.1, 0.15) is 22.3 Å². The first kappa shape index (κ1) is 29.2. The Labute approximate surface area is 245 Å². The molecule has 0 saturated carbocycles. The molecule has 0 aliphatic carbocycles. The van der Waals surface area contributed by atoms with Crippen molar-refractivity contribution in [3.63, 3.8) is 0 Å². The van der Waals surface area contributed by atoms with Crippen LogP contribution in [-0.2, 0) is 24.6 Å². The van der Waals surface area contributed by atoms with Gasteiger partial charge < -0.3 is 19.7 Å². The maximum atomic E-state index is 12.1. The topological polar surface area (TPSA) is 170 Å². The van der Waals surface area contributed by atoms with Gasteiger partial charge >= 0.3 is 11.7 Å².